The van der Waals surface area contributed by atoms with Crippen molar-refractivity contribution in [2.45, 2.75) is 25.8 Å². The molecule has 1 amide bonds. The number of aryl methyl sites for hydroxylation is 2. The first-order valence-electron chi connectivity index (χ1n) is 8.89. The third-order valence-electron chi connectivity index (χ3n) is 4.34. The summed E-state index contributed by atoms with van der Waals surface area (Å²) in [6.07, 6.45) is 2.16. The van der Waals surface area contributed by atoms with E-state index in [0.29, 0.717) is 13.0 Å². The van der Waals surface area contributed by atoms with Gasteiger partial charge in [0.15, 0.2) is 11.5 Å². The van der Waals surface area contributed by atoms with E-state index in [1.54, 1.807) is 11.3 Å². The molecule has 2 aromatic carbocycles. The number of ether oxygens (including phenoxy) is 2. The van der Waals surface area contributed by atoms with E-state index >= 15 is 0 Å². The molecule has 4 rings (SSSR count). The highest BCUT2D eigenvalue weighted by molar-refractivity contribution is 7.09. The van der Waals surface area contributed by atoms with E-state index in [0.717, 1.165) is 40.6 Å². The Morgan fingerprint density at radius 3 is 2.78 bits per heavy atom. The third-order valence-corrected chi connectivity index (χ3v) is 5.30. The van der Waals surface area contributed by atoms with E-state index in [-0.39, 0.29) is 12.7 Å². The number of rotatable bonds is 7. The molecule has 0 atom stereocenters. The molecule has 0 bridgehead atoms. The van der Waals surface area contributed by atoms with E-state index < -0.39 is 0 Å². The minimum atomic E-state index is -0.0347. The van der Waals surface area contributed by atoms with Crippen LogP contribution in [0.4, 0.5) is 0 Å². The average molecular weight is 380 g/mol. The molecule has 0 radical (unpaired) electrons. The molecule has 3 aromatic rings. The number of carbonyl (C=O) groups excluding carboxylic acids is 1. The van der Waals surface area contributed by atoms with Crippen LogP contribution in [0.5, 0.6) is 11.5 Å². The number of benzene rings is 2. The zero-order valence-corrected chi connectivity index (χ0v) is 15.6. The summed E-state index contributed by atoms with van der Waals surface area (Å²) in [5, 5.41) is 5.97. The van der Waals surface area contributed by atoms with Crippen LogP contribution in [0.1, 0.15) is 21.8 Å². The summed E-state index contributed by atoms with van der Waals surface area (Å²) in [4.78, 5) is 16.8. The summed E-state index contributed by atoms with van der Waals surface area (Å²) >= 11 is 1.62. The SMILES string of the molecule is O=C(Cc1csc(CCc2ccccc2)n1)NCc1ccc2c(c1)OCO2. The minimum absolute atomic E-state index is 0.0347. The first-order chi connectivity index (χ1) is 13.3. The number of nitrogens with one attached hydrogen (secondary N) is 1. The molecule has 0 saturated carbocycles. The largest absolute Gasteiger partial charge is 0.454 e. The predicted octanol–water partition coefficient (Wildman–Crippen LogP) is 3.52. The maximum atomic E-state index is 12.2. The van der Waals surface area contributed by atoms with E-state index in [4.69, 9.17) is 9.47 Å². The van der Waals surface area contributed by atoms with E-state index in [1.807, 2.05) is 41.8 Å². The highest BCUT2D eigenvalue weighted by Gasteiger charge is 2.14. The molecule has 27 heavy (non-hydrogen) atoms. The van der Waals surface area contributed by atoms with Crippen LogP contribution in [0, 0.1) is 0 Å². The molecule has 2 heterocycles. The molecule has 1 aliphatic rings. The zero-order chi connectivity index (χ0) is 18.5. The fourth-order valence-corrected chi connectivity index (χ4v) is 3.72. The second kappa shape index (κ2) is 8.22. The number of nitrogens with zero attached hydrogens (tertiary/aromatic N) is 1. The number of fused-ring (bicyclic) bond motifs is 1. The van der Waals surface area contributed by atoms with Crippen LogP contribution in [-0.4, -0.2) is 17.7 Å². The van der Waals surface area contributed by atoms with Crippen LogP contribution in [0.15, 0.2) is 53.9 Å². The molecule has 6 heteroatoms. The lowest BCUT2D eigenvalue weighted by atomic mass is 10.1. The van der Waals surface area contributed by atoms with E-state index in [2.05, 4.69) is 22.4 Å². The maximum absolute atomic E-state index is 12.2. The van der Waals surface area contributed by atoms with Gasteiger partial charge in [-0.25, -0.2) is 4.98 Å². The van der Waals surface area contributed by atoms with Crippen LogP contribution in [-0.2, 0) is 30.6 Å². The predicted molar refractivity (Wildman–Crippen MR) is 104 cm³/mol. The Balaban J connectivity index is 1.25. The van der Waals surface area contributed by atoms with E-state index in [1.165, 1.54) is 5.56 Å². The van der Waals surface area contributed by atoms with Gasteiger partial charge in [-0.3, -0.25) is 4.79 Å². The van der Waals surface area contributed by atoms with Crippen LogP contribution in [0.25, 0.3) is 0 Å². The van der Waals surface area contributed by atoms with Crippen molar-refractivity contribution in [2.24, 2.45) is 0 Å². The van der Waals surface area contributed by atoms with Crippen LogP contribution in [0.2, 0.25) is 0 Å². The molecule has 0 spiro atoms. The van der Waals surface area contributed by atoms with Crippen molar-refractivity contribution in [1.29, 1.82) is 0 Å². The molecule has 1 aromatic heterocycles. The summed E-state index contributed by atoms with van der Waals surface area (Å²) in [6, 6.07) is 16.1. The van der Waals surface area contributed by atoms with Gasteiger partial charge in [-0.1, -0.05) is 36.4 Å². The highest BCUT2D eigenvalue weighted by atomic mass is 32.1. The second-order valence-electron chi connectivity index (χ2n) is 6.36. The smallest absolute Gasteiger partial charge is 0.231 e. The number of aromatic nitrogens is 1. The van der Waals surface area contributed by atoms with Gasteiger partial charge in [-0.05, 0) is 29.7 Å². The Bertz CT molecular complexity index is 924. The quantitative estimate of drug-likeness (QED) is 0.681. The van der Waals surface area contributed by atoms with Gasteiger partial charge in [-0.15, -0.1) is 11.3 Å². The molecule has 1 aliphatic heterocycles. The van der Waals surface area contributed by atoms with Gasteiger partial charge in [-0.2, -0.15) is 0 Å². The first kappa shape index (κ1) is 17.5. The number of hydrogen-bond acceptors (Lipinski definition) is 5. The molecule has 0 fully saturated rings. The summed E-state index contributed by atoms with van der Waals surface area (Å²) in [6.45, 7) is 0.710. The summed E-state index contributed by atoms with van der Waals surface area (Å²) in [7, 11) is 0. The van der Waals surface area contributed by atoms with Crippen molar-refractivity contribution in [3.63, 3.8) is 0 Å². The lowest BCUT2D eigenvalue weighted by Crippen LogP contribution is -2.24. The summed E-state index contributed by atoms with van der Waals surface area (Å²) < 4.78 is 10.6. The number of amides is 1. The monoisotopic (exact) mass is 380 g/mol. The van der Waals surface area contributed by atoms with Gasteiger partial charge in [0.2, 0.25) is 12.7 Å². The van der Waals surface area contributed by atoms with Crippen LogP contribution >= 0.6 is 11.3 Å². The van der Waals surface area contributed by atoms with Crippen molar-refractivity contribution < 1.29 is 14.3 Å². The van der Waals surface area contributed by atoms with Crippen molar-refractivity contribution in [3.05, 3.63) is 75.7 Å². The number of carbonyl (C=O) groups is 1. The van der Waals surface area contributed by atoms with Gasteiger partial charge in [0, 0.05) is 18.3 Å². The lowest BCUT2D eigenvalue weighted by molar-refractivity contribution is -0.120. The molecule has 0 saturated heterocycles. The zero-order valence-electron chi connectivity index (χ0n) is 14.8. The van der Waals surface area contributed by atoms with Crippen molar-refractivity contribution in [1.82, 2.24) is 10.3 Å². The lowest BCUT2D eigenvalue weighted by Gasteiger charge is -2.05. The topological polar surface area (TPSA) is 60.5 Å². The second-order valence-corrected chi connectivity index (χ2v) is 7.30. The number of thiazole rings is 1. The van der Waals surface area contributed by atoms with Crippen molar-refractivity contribution in [3.8, 4) is 11.5 Å². The molecular formula is C21H20N2O3S. The standard InChI is InChI=1S/C21H20N2O3S/c24-20(22-12-16-6-8-18-19(10-16)26-14-25-18)11-17-13-27-21(23-17)9-7-15-4-2-1-3-5-15/h1-6,8,10,13H,7,9,11-12,14H2,(H,22,24). The first-order valence-corrected chi connectivity index (χ1v) is 9.77. The Hall–Kier alpha value is -2.86. The van der Waals surface area contributed by atoms with Gasteiger partial charge < -0.3 is 14.8 Å². The molecule has 0 aliphatic carbocycles. The fraction of sp³-hybridized carbons (Fsp3) is 0.238. The van der Waals surface area contributed by atoms with E-state index in [9.17, 15) is 4.79 Å². The Kier molecular flexibility index (Phi) is 5.34. The van der Waals surface area contributed by atoms with Gasteiger partial charge >= 0.3 is 0 Å². The van der Waals surface area contributed by atoms with Crippen LogP contribution in [0.3, 0.4) is 0 Å². The molecule has 0 unspecified atom stereocenters. The van der Waals surface area contributed by atoms with Gasteiger partial charge in [0.25, 0.3) is 0 Å². The summed E-state index contributed by atoms with van der Waals surface area (Å²) in [5.41, 5.74) is 3.11. The van der Waals surface area contributed by atoms with Gasteiger partial charge in [0.05, 0.1) is 17.1 Å². The third kappa shape index (κ3) is 4.65. The molecule has 138 valence electrons. The Morgan fingerprint density at radius 2 is 1.89 bits per heavy atom. The van der Waals surface area contributed by atoms with Crippen LogP contribution < -0.4 is 14.8 Å². The summed E-state index contributed by atoms with van der Waals surface area (Å²) in [5.74, 6) is 1.44. The Morgan fingerprint density at radius 1 is 1.04 bits per heavy atom. The average Bonchev–Trinajstić information content (AvgIpc) is 3.34. The highest BCUT2D eigenvalue weighted by Crippen LogP contribution is 2.32. The minimum Gasteiger partial charge on any atom is -0.454 e. The van der Waals surface area contributed by atoms with Crippen molar-refractivity contribution in [2.75, 3.05) is 6.79 Å². The van der Waals surface area contributed by atoms with Gasteiger partial charge in [0.1, 0.15) is 0 Å². The number of hydrogen-bond donors (Lipinski definition) is 1. The molecule has 5 nitrogen and oxygen atoms in total. The molecular weight excluding hydrogens is 360 g/mol. The Labute approximate surface area is 162 Å². The van der Waals surface area contributed by atoms with Crippen molar-refractivity contribution >= 4 is 17.2 Å². The normalized spacial score (nSPS) is 12.1. The fourth-order valence-electron chi connectivity index (χ4n) is 2.92. The molecule has 1 N–H and O–H groups in total. The maximum Gasteiger partial charge on any atom is 0.231 e.